The summed E-state index contributed by atoms with van der Waals surface area (Å²) < 4.78 is 5.66. The van der Waals surface area contributed by atoms with Crippen molar-refractivity contribution in [2.45, 2.75) is 80.3 Å². The van der Waals surface area contributed by atoms with Crippen molar-refractivity contribution in [1.82, 2.24) is 4.90 Å². The maximum absolute atomic E-state index is 13.5. The number of ketones is 1. The number of Topliss-reactive ketones (excluding diaryl/α,β-unsaturated/α-hetero) is 1. The number of aliphatic hydroxyl groups excluding tert-OH is 1. The first-order valence-corrected chi connectivity index (χ1v) is 12.4. The number of methoxy groups -OCH3 is 1. The second-order valence-corrected chi connectivity index (χ2v) is 9.57. The number of hydrogen-bond donors (Lipinski definition) is 1. The Morgan fingerprint density at radius 1 is 1.03 bits per heavy atom. The highest BCUT2D eigenvalue weighted by molar-refractivity contribution is 6.02. The lowest BCUT2D eigenvalue weighted by atomic mass is 9.79. The molecule has 0 aromatic heterocycles. The Morgan fingerprint density at radius 2 is 1.64 bits per heavy atom. The van der Waals surface area contributed by atoms with Crippen LogP contribution in [0.4, 0.5) is 0 Å². The third-order valence-corrected chi connectivity index (χ3v) is 7.06. The van der Waals surface area contributed by atoms with Crippen molar-refractivity contribution in [3.05, 3.63) is 52.1 Å². The summed E-state index contributed by atoms with van der Waals surface area (Å²) in [5.41, 5.74) is 8.29. The summed E-state index contributed by atoms with van der Waals surface area (Å²) in [6.45, 7) is 24.1. The molecule has 0 radical (unpaired) electrons. The molecule has 0 amide bonds. The maximum Gasteiger partial charge on any atom is 0.166 e. The molecule has 3 unspecified atom stereocenters. The number of carbonyl (C=O) groups excluding carboxylic acids is 1. The van der Waals surface area contributed by atoms with Gasteiger partial charge >= 0.3 is 0 Å². The van der Waals surface area contributed by atoms with Gasteiger partial charge in [-0.15, -0.1) is 0 Å². The topological polar surface area (TPSA) is 49.8 Å². The number of aliphatic hydroxyl groups is 1. The van der Waals surface area contributed by atoms with E-state index < -0.39 is 0 Å². The quantitative estimate of drug-likeness (QED) is 0.269. The monoisotopic (exact) mass is 457 g/mol. The van der Waals surface area contributed by atoms with E-state index in [-0.39, 0.29) is 30.3 Å². The zero-order chi connectivity index (χ0) is 25.5. The molecule has 4 nitrogen and oxygen atoms in total. The number of carbonyl (C=O) groups is 1. The highest BCUT2D eigenvalue weighted by Gasteiger charge is 2.27. The molecule has 0 aliphatic heterocycles. The SMILES string of the molecule is C=C(Cc1c(C)c(C(=O)C(C)CC)c(C)c(C(=C)N(C)CC(C)CO)c1CC)C(CC)OC. The van der Waals surface area contributed by atoms with Crippen LogP contribution in [0.2, 0.25) is 0 Å². The maximum atomic E-state index is 13.5. The van der Waals surface area contributed by atoms with Gasteiger partial charge in [0.25, 0.3) is 0 Å². The van der Waals surface area contributed by atoms with E-state index in [2.05, 4.69) is 52.7 Å². The number of ether oxygens (including phenoxy) is 1. The molecule has 0 aliphatic carbocycles. The first-order valence-electron chi connectivity index (χ1n) is 12.4. The zero-order valence-corrected chi connectivity index (χ0v) is 22.6. The Morgan fingerprint density at radius 3 is 2.09 bits per heavy atom. The summed E-state index contributed by atoms with van der Waals surface area (Å²) in [6, 6.07) is 0. The molecule has 0 saturated carbocycles. The average molecular weight is 458 g/mol. The smallest absolute Gasteiger partial charge is 0.166 e. The molecule has 1 aromatic carbocycles. The van der Waals surface area contributed by atoms with Crippen LogP contribution in [0.25, 0.3) is 5.70 Å². The molecule has 3 atom stereocenters. The molecule has 0 aliphatic rings. The number of nitrogens with zero attached hydrogens (tertiary/aromatic N) is 1. The van der Waals surface area contributed by atoms with Gasteiger partial charge in [-0.3, -0.25) is 4.79 Å². The zero-order valence-electron chi connectivity index (χ0n) is 22.6. The summed E-state index contributed by atoms with van der Waals surface area (Å²) >= 11 is 0. The van der Waals surface area contributed by atoms with Crippen molar-refractivity contribution in [3.8, 4) is 0 Å². The third kappa shape index (κ3) is 6.58. The largest absolute Gasteiger partial charge is 0.396 e. The van der Waals surface area contributed by atoms with Gasteiger partial charge in [-0.05, 0) is 73.3 Å². The van der Waals surface area contributed by atoms with Gasteiger partial charge in [0.15, 0.2) is 5.78 Å². The average Bonchev–Trinajstić information content (AvgIpc) is 2.79. The van der Waals surface area contributed by atoms with E-state index in [0.29, 0.717) is 13.0 Å². The molecule has 1 aromatic rings. The molecule has 0 bridgehead atoms. The molecule has 0 fully saturated rings. The Bertz CT molecular complexity index is 851. The second-order valence-electron chi connectivity index (χ2n) is 9.57. The highest BCUT2D eigenvalue weighted by atomic mass is 16.5. The normalized spacial score (nSPS) is 14.0. The Hall–Kier alpha value is -1.91. The van der Waals surface area contributed by atoms with E-state index >= 15 is 0 Å². The second kappa shape index (κ2) is 13.1. The lowest BCUT2D eigenvalue weighted by Gasteiger charge is -2.31. The fraction of sp³-hybridized carbons (Fsp3) is 0.621. The van der Waals surface area contributed by atoms with E-state index in [4.69, 9.17) is 4.74 Å². The van der Waals surface area contributed by atoms with Crippen molar-refractivity contribution in [1.29, 1.82) is 0 Å². The van der Waals surface area contributed by atoms with Crippen molar-refractivity contribution in [2.24, 2.45) is 11.8 Å². The molecule has 0 spiro atoms. The van der Waals surface area contributed by atoms with Gasteiger partial charge in [0.1, 0.15) is 0 Å². The van der Waals surface area contributed by atoms with E-state index in [1.54, 1.807) is 7.11 Å². The van der Waals surface area contributed by atoms with E-state index in [1.807, 2.05) is 20.9 Å². The fourth-order valence-electron chi connectivity index (χ4n) is 4.77. The number of hydrogen-bond acceptors (Lipinski definition) is 4. The minimum atomic E-state index is -0.0402. The van der Waals surface area contributed by atoms with Gasteiger partial charge in [0, 0.05) is 50.1 Å². The molecule has 33 heavy (non-hydrogen) atoms. The van der Waals surface area contributed by atoms with Gasteiger partial charge in [-0.1, -0.05) is 47.8 Å². The summed E-state index contributed by atoms with van der Waals surface area (Å²) in [4.78, 5) is 15.7. The molecule has 0 heterocycles. The lowest BCUT2D eigenvalue weighted by molar-refractivity contribution is 0.0926. The molecule has 186 valence electrons. The summed E-state index contributed by atoms with van der Waals surface area (Å²) in [6.07, 6.45) is 3.18. The number of benzene rings is 1. The first kappa shape index (κ1) is 29.1. The summed E-state index contributed by atoms with van der Waals surface area (Å²) in [5.74, 6) is 0.290. The predicted molar refractivity (Wildman–Crippen MR) is 141 cm³/mol. The summed E-state index contributed by atoms with van der Waals surface area (Å²) in [5, 5.41) is 9.55. The Balaban J connectivity index is 3.83. The minimum Gasteiger partial charge on any atom is -0.396 e. The lowest BCUT2D eigenvalue weighted by Crippen LogP contribution is -2.27. The van der Waals surface area contributed by atoms with Crippen molar-refractivity contribution >= 4 is 11.5 Å². The van der Waals surface area contributed by atoms with Gasteiger partial charge in [-0.25, -0.2) is 0 Å². The van der Waals surface area contributed by atoms with E-state index in [1.165, 1.54) is 11.1 Å². The van der Waals surface area contributed by atoms with Gasteiger partial charge < -0.3 is 14.7 Å². The van der Waals surface area contributed by atoms with Crippen LogP contribution in [-0.4, -0.2) is 49.2 Å². The van der Waals surface area contributed by atoms with Gasteiger partial charge in [0.05, 0.1) is 6.10 Å². The molecule has 0 saturated heterocycles. The molecular formula is C29H47NO3. The number of rotatable bonds is 14. The molecule has 1 rings (SSSR count). The van der Waals surface area contributed by atoms with E-state index in [9.17, 15) is 9.90 Å². The van der Waals surface area contributed by atoms with Crippen LogP contribution in [0.15, 0.2) is 18.7 Å². The van der Waals surface area contributed by atoms with Crippen molar-refractivity contribution in [3.63, 3.8) is 0 Å². The van der Waals surface area contributed by atoms with Crippen LogP contribution >= 0.6 is 0 Å². The fourth-order valence-corrected chi connectivity index (χ4v) is 4.77. The van der Waals surface area contributed by atoms with Crippen LogP contribution in [0.3, 0.4) is 0 Å². The Labute approximate surface area is 202 Å². The standard InChI is InChI=1S/C29H47NO3/c1-12-19(5)29(32)27-21(7)25(15-20(6)26(14-3)33-11)24(13-2)28(22(27)8)23(9)30(10)16-18(4)17-31/h18-19,26,31H,6,9,12-17H2,1-5,7-8,10-11H3. The molecule has 4 heteroatoms. The third-order valence-electron chi connectivity index (χ3n) is 7.06. The van der Waals surface area contributed by atoms with Crippen molar-refractivity contribution < 1.29 is 14.6 Å². The van der Waals surface area contributed by atoms with Crippen molar-refractivity contribution in [2.75, 3.05) is 27.3 Å². The van der Waals surface area contributed by atoms with Crippen LogP contribution < -0.4 is 0 Å². The van der Waals surface area contributed by atoms with Crippen LogP contribution in [0.5, 0.6) is 0 Å². The highest BCUT2D eigenvalue weighted by Crippen LogP contribution is 2.36. The predicted octanol–water partition coefficient (Wildman–Crippen LogP) is 6.15. The Kier molecular flexibility index (Phi) is 11.6. The van der Waals surface area contributed by atoms with Gasteiger partial charge in [0.2, 0.25) is 0 Å². The van der Waals surface area contributed by atoms with E-state index in [0.717, 1.165) is 52.8 Å². The van der Waals surface area contributed by atoms with Gasteiger partial charge in [-0.2, -0.15) is 0 Å². The van der Waals surface area contributed by atoms with Crippen LogP contribution in [0, 0.1) is 25.7 Å². The first-order chi connectivity index (χ1) is 15.5. The minimum absolute atomic E-state index is 0.0103. The summed E-state index contributed by atoms with van der Waals surface area (Å²) in [7, 11) is 3.74. The van der Waals surface area contributed by atoms with Crippen LogP contribution in [0.1, 0.15) is 85.6 Å². The van der Waals surface area contributed by atoms with Crippen LogP contribution in [-0.2, 0) is 17.6 Å². The molecule has 1 N–H and O–H groups in total. The molecular weight excluding hydrogens is 410 g/mol.